The second kappa shape index (κ2) is 9.52. The molecule has 6 nitrogen and oxygen atoms in total. The van der Waals surface area contributed by atoms with E-state index >= 15 is 0 Å². The highest BCUT2D eigenvalue weighted by Crippen LogP contribution is 2.20. The fraction of sp³-hybridized carbons (Fsp3) is 0.562. The quantitative estimate of drug-likeness (QED) is 0.631. The SMILES string of the molecule is CCCCS(=O)(=O)NCCNC(=O)COc1cccc(C)c1C. The van der Waals surface area contributed by atoms with E-state index in [-0.39, 0.29) is 31.4 Å². The molecular weight excluding hydrogens is 316 g/mol. The van der Waals surface area contributed by atoms with Crippen molar-refractivity contribution in [3.05, 3.63) is 29.3 Å². The summed E-state index contributed by atoms with van der Waals surface area (Å²) in [7, 11) is -3.24. The predicted molar refractivity (Wildman–Crippen MR) is 91.1 cm³/mol. The van der Waals surface area contributed by atoms with Gasteiger partial charge in [-0.15, -0.1) is 0 Å². The van der Waals surface area contributed by atoms with E-state index in [1.807, 2.05) is 39.0 Å². The Morgan fingerprint density at radius 3 is 2.65 bits per heavy atom. The van der Waals surface area contributed by atoms with Crippen molar-refractivity contribution in [3.8, 4) is 5.75 Å². The van der Waals surface area contributed by atoms with Crippen molar-refractivity contribution in [3.63, 3.8) is 0 Å². The number of hydrogen-bond donors (Lipinski definition) is 2. The van der Waals surface area contributed by atoms with Crippen molar-refractivity contribution in [1.29, 1.82) is 0 Å². The Bertz CT molecular complexity index is 615. The third-order valence-corrected chi connectivity index (χ3v) is 4.92. The summed E-state index contributed by atoms with van der Waals surface area (Å²) in [5.41, 5.74) is 2.10. The molecule has 0 fully saturated rings. The van der Waals surface area contributed by atoms with Gasteiger partial charge in [0.25, 0.3) is 5.91 Å². The van der Waals surface area contributed by atoms with Crippen LogP contribution in [0.4, 0.5) is 0 Å². The molecule has 23 heavy (non-hydrogen) atoms. The van der Waals surface area contributed by atoms with Crippen molar-refractivity contribution in [1.82, 2.24) is 10.0 Å². The lowest BCUT2D eigenvalue weighted by molar-refractivity contribution is -0.123. The van der Waals surface area contributed by atoms with Gasteiger partial charge in [0.05, 0.1) is 5.75 Å². The Balaban J connectivity index is 2.26. The number of benzene rings is 1. The number of carbonyl (C=O) groups excluding carboxylic acids is 1. The van der Waals surface area contributed by atoms with E-state index in [0.29, 0.717) is 12.2 Å². The lowest BCUT2D eigenvalue weighted by atomic mass is 10.1. The topological polar surface area (TPSA) is 84.5 Å². The molecule has 130 valence electrons. The van der Waals surface area contributed by atoms with Crippen LogP contribution in [0.3, 0.4) is 0 Å². The molecule has 0 atom stereocenters. The maximum Gasteiger partial charge on any atom is 0.257 e. The fourth-order valence-corrected chi connectivity index (χ4v) is 3.12. The molecule has 1 aromatic carbocycles. The molecule has 0 aliphatic heterocycles. The number of nitrogens with one attached hydrogen (secondary N) is 2. The van der Waals surface area contributed by atoms with Crippen molar-refractivity contribution < 1.29 is 17.9 Å². The van der Waals surface area contributed by atoms with Crippen LogP contribution in [0.15, 0.2) is 18.2 Å². The summed E-state index contributed by atoms with van der Waals surface area (Å²) in [6.45, 7) is 6.18. The van der Waals surface area contributed by atoms with Crippen LogP contribution >= 0.6 is 0 Å². The van der Waals surface area contributed by atoms with Crippen molar-refractivity contribution >= 4 is 15.9 Å². The molecule has 0 spiro atoms. The highest BCUT2D eigenvalue weighted by molar-refractivity contribution is 7.89. The zero-order valence-electron chi connectivity index (χ0n) is 14.0. The van der Waals surface area contributed by atoms with E-state index in [1.165, 1.54) is 0 Å². The lowest BCUT2D eigenvalue weighted by Crippen LogP contribution is -2.37. The first-order valence-electron chi connectivity index (χ1n) is 7.78. The van der Waals surface area contributed by atoms with Crippen LogP contribution in [0.2, 0.25) is 0 Å². The fourth-order valence-electron chi connectivity index (χ4n) is 1.89. The summed E-state index contributed by atoms with van der Waals surface area (Å²) in [4.78, 5) is 11.7. The standard InChI is InChI=1S/C16H26N2O4S/c1-4-5-11-23(20,21)18-10-9-17-16(19)12-22-15-8-6-7-13(2)14(15)3/h6-8,18H,4-5,9-12H2,1-3H3,(H,17,19). The molecule has 0 aliphatic carbocycles. The van der Waals surface area contributed by atoms with Crippen LogP contribution in [-0.4, -0.2) is 39.8 Å². The van der Waals surface area contributed by atoms with E-state index in [9.17, 15) is 13.2 Å². The zero-order valence-corrected chi connectivity index (χ0v) is 14.8. The second-order valence-electron chi connectivity index (χ2n) is 5.40. The molecule has 1 rings (SSSR count). The van der Waals surface area contributed by atoms with Gasteiger partial charge in [0, 0.05) is 13.1 Å². The number of aryl methyl sites for hydroxylation is 1. The van der Waals surface area contributed by atoms with E-state index in [1.54, 1.807) is 0 Å². The Hall–Kier alpha value is -1.60. The van der Waals surface area contributed by atoms with Gasteiger partial charge in [-0.25, -0.2) is 13.1 Å². The zero-order chi connectivity index (χ0) is 17.3. The minimum Gasteiger partial charge on any atom is -0.483 e. The summed E-state index contributed by atoms with van der Waals surface area (Å²) in [5.74, 6) is 0.520. The molecule has 0 radical (unpaired) electrons. The largest absolute Gasteiger partial charge is 0.483 e. The van der Waals surface area contributed by atoms with Crippen molar-refractivity contribution in [2.45, 2.75) is 33.6 Å². The molecule has 0 unspecified atom stereocenters. The number of amides is 1. The molecule has 2 N–H and O–H groups in total. The molecule has 0 saturated carbocycles. The number of ether oxygens (including phenoxy) is 1. The summed E-state index contributed by atoms with van der Waals surface area (Å²) < 4.78 is 31.1. The van der Waals surface area contributed by atoms with Gasteiger partial charge >= 0.3 is 0 Å². The van der Waals surface area contributed by atoms with Crippen LogP contribution in [0.1, 0.15) is 30.9 Å². The van der Waals surface area contributed by atoms with Gasteiger partial charge in [-0.1, -0.05) is 25.5 Å². The number of hydrogen-bond acceptors (Lipinski definition) is 4. The molecule has 1 amide bonds. The monoisotopic (exact) mass is 342 g/mol. The molecule has 0 bridgehead atoms. The Morgan fingerprint density at radius 2 is 1.96 bits per heavy atom. The van der Waals surface area contributed by atoms with Crippen LogP contribution in [0.25, 0.3) is 0 Å². The number of sulfonamides is 1. The molecule has 0 aromatic heterocycles. The molecule has 1 aromatic rings. The van der Waals surface area contributed by atoms with Crippen molar-refractivity contribution in [2.75, 3.05) is 25.4 Å². The van der Waals surface area contributed by atoms with E-state index in [2.05, 4.69) is 10.0 Å². The van der Waals surface area contributed by atoms with Gasteiger partial charge in [-0.3, -0.25) is 4.79 Å². The average Bonchev–Trinajstić information content (AvgIpc) is 2.51. The first-order valence-corrected chi connectivity index (χ1v) is 9.44. The van der Waals surface area contributed by atoms with E-state index in [4.69, 9.17) is 4.74 Å². The molecule has 0 saturated heterocycles. The third-order valence-electron chi connectivity index (χ3n) is 3.45. The van der Waals surface area contributed by atoms with Gasteiger partial charge in [-0.2, -0.15) is 0 Å². The highest BCUT2D eigenvalue weighted by atomic mass is 32.2. The first kappa shape index (κ1) is 19.4. The first-order chi connectivity index (χ1) is 10.9. The summed E-state index contributed by atoms with van der Waals surface area (Å²) in [5, 5.41) is 2.62. The molecule has 0 heterocycles. The van der Waals surface area contributed by atoms with Crippen LogP contribution in [0, 0.1) is 13.8 Å². The summed E-state index contributed by atoms with van der Waals surface area (Å²) in [6.07, 6.45) is 1.46. The van der Waals surface area contributed by atoms with Crippen LogP contribution in [-0.2, 0) is 14.8 Å². The van der Waals surface area contributed by atoms with Gasteiger partial charge < -0.3 is 10.1 Å². The van der Waals surface area contributed by atoms with Crippen LogP contribution < -0.4 is 14.8 Å². The summed E-state index contributed by atoms with van der Waals surface area (Å²) >= 11 is 0. The molecular formula is C16H26N2O4S. The smallest absolute Gasteiger partial charge is 0.257 e. The Labute approximate surface area is 138 Å². The highest BCUT2D eigenvalue weighted by Gasteiger charge is 2.09. The van der Waals surface area contributed by atoms with Gasteiger partial charge in [0.1, 0.15) is 5.75 Å². The maximum absolute atomic E-state index is 11.7. The average molecular weight is 342 g/mol. The second-order valence-corrected chi connectivity index (χ2v) is 7.33. The Kier molecular flexibility index (Phi) is 8.05. The number of carbonyl (C=O) groups is 1. The number of rotatable bonds is 10. The van der Waals surface area contributed by atoms with E-state index in [0.717, 1.165) is 17.5 Å². The minimum atomic E-state index is -3.24. The predicted octanol–water partition coefficient (Wildman–Crippen LogP) is 1.52. The molecule has 0 aliphatic rings. The van der Waals surface area contributed by atoms with Gasteiger partial charge in [0.15, 0.2) is 6.61 Å². The Morgan fingerprint density at radius 1 is 1.22 bits per heavy atom. The minimum absolute atomic E-state index is 0.0904. The summed E-state index contributed by atoms with van der Waals surface area (Å²) in [6, 6.07) is 5.67. The lowest BCUT2D eigenvalue weighted by Gasteiger charge is -2.11. The number of unbranched alkanes of at least 4 members (excludes halogenated alkanes) is 1. The normalized spacial score (nSPS) is 11.3. The molecule has 7 heteroatoms. The van der Waals surface area contributed by atoms with Gasteiger partial charge in [-0.05, 0) is 37.5 Å². The van der Waals surface area contributed by atoms with Gasteiger partial charge in [0.2, 0.25) is 10.0 Å². The maximum atomic E-state index is 11.7. The third kappa shape index (κ3) is 7.47. The van der Waals surface area contributed by atoms with E-state index < -0.39 is 10.0 Å². The van der Waals surface area contributed by atoms with Crippen molar-refractivity contribution in [2.24, 2.45) is 0 Å². The van der Waals surface area contributed by atoms with Crippen LogP contribution in [0.5, 0.6) is 5.75 Å².